The number of piperazine rings is 1. The summed E-state index contributed by atoms with van der Waals surface area (Å²) in [6.07, 6.45) is 2.43. The van der Waals surface area contributed by atoms with Gasteiger partial charge in [0.1, 0.15) is 24.6 Å². The lowest BCUT2D eigenvalue weighted by atomic mass is 10.0. The first-order chi connectivity index (χ1) is 11.9. The first kappa shape index (κ1) is 17.9. The largest absolute Gasteiger partial charge is 0.501 e. The molecule has 0 aromatic rings. The Bertz CT molecular complexity index is 571. The van der Waals surface area contributed by atoms with Crippen LogP contribution in [0.1, 0.15) is 27.2 Å². The van der Waals surface area contributed by atoms with Crippen molar-refractivity contribution < 1.29 is 23.7 Å². The van der Waals surface area contributed by atoms with E-state index in [9.17, 15) is 4.79 Å². The highest BCUT2D eigenvalue weighted by Gasteiger charge is 2.36. The lowest BCUT2D eigenvalue weighted by molar-refractivity contribution is -0.00233. The smallest absolute Gasteiger partial charge is 0.410 e. The summed E-state index contributed by atoms with van der Waals surface area (Å²) in [5.74, 6) is 2.55. The third-order valence-corrected chi connectivity index (χ3v) is 4.50. The molecule has 3 rings (SSSR count). The Morgan fingerprint density at radius 3 is 2.48 bits per heavy atom. The van der Waals surface area contributed by atoms with Crippen LogP contribution in [0.5, 0.6) is 0 Å². The molecule has 0 aromatic carbocycles. The predicted octanol–water partition coefficient (Wildman–Crippen LogP) is 2.10. The van der Waals surface area contributed by atoms with Gasteiger partial charge in [0.05, 0.1) is 13.2 Å². The molecule has 0 aromatic heterocycles. The number of ether oxygens (including phenoxy) is 4. The molecular formula is C18H28N2O5. The second kappa shape index (κ2) is 7.15. The average molecular weight is 352 g/mol. The third-order valence-electron chi connectivity index (χ3n) is 4.50. The van der Waals surface area contributed by atoms with E-state index in [1.54, 1.807) is 12.0 Å². The first-order valence-corrected chi connectivity index (χ1v) is 8.83. The lowest BCUT2D eigenvalue weighted by Crippen LogP contribution is -2.54. The molecule has 0 bridgehead atoms. The topological polar surface area (TPSA) is 60.5 Å². The predicted molar refractivity (Wildman–Crippen MR) is 91.8 cm³/mol. The molecule has 1 unspecified atom stereocenters. The molecule has 2 aliphatic heterocycles. The quantitative estimate of drug-likeness (QED) is 0.758. The molecule has 1 saturated heterocycles. The minimum atomic E-state index is -0.470. The van der Waals surface area contributed by atoms with Gasteiger partial charge in [-0.25, -0.2) is 4.79 Å². The SMILES string of the molecule is COC1=CC2=C(OCCO2)C(N2CCN(C(=O)OC(C)(C)C)CC2)C1. The van der Waals surface area contributed by atoms with E-state index < -0.39 is 5.60 Å². The number of amides is 1. The molecule has 0 saturated carbocycles. The fourth-order valence-corrected chi connectivity index (χ4v) is 3.29. The van der Waals surface area contributed by atoms with Crippen LogP contribution < -0.4 is 0 Å². The maximum Gasteiger partial charge on any atom is 0.410 e. The van der Waals surface area contributed by atoms with Crippen LogP contribution in [0.3, 0.4) is 0 Å². The van der Waals surface area contributed by atoms with Crippen LogP contribution in [0.15, 0.2) is 23.4 Å². The lowest BCUT2D eigenvalue weighted by Gasteiger charge is -2.42. The van der Waals surface area contributed by atoms with Gasteiger partial charge in [-0.1, -0.05) is 0 Å². The molecular weight excluding hydrogens is 324 g/mol. The molecule has 1 amide bonds. The summed E-state index contributed by atoms with van der Waals surface area (Å²) in [4.78, 5) is 16.3. The van der Waals surface area contributed by atoms with Crippen molar-refractivity contribution in [1.82, 2.24) is 9.80 Å². The van der Waals surface area contributed by atoms with Crippen molar-refractivity contribution in [3.63, 3.8) is 0 Å². The van der Waals surface area contributed by atoms with Gasteiger partial charge in [0.2, 0.25) is 0 Å². The Morgan fingerprint density at radius 2 is 1.84 bits per heavy atom. The Balaban J connectivity index is 1.63. The summed E-state index contributed by atoms with van der Waals surface area (Å²) in [5, 5.41) is 0. The van der Waals surface area contributed by atoms with Crippen molar-refractivity contribution in [2.45, 2.75) is 38.8 Å². The van der Waals surface area contributed by atoms with Crippen molar-refractivity contribution in [2.24, 2.45) is 0 Å². The number of carbonyl (C=O) groups is 1. The van der Waals surface area contributed by atoms with Gasteiger partial charge in [-0.3, -0.25) is 4.90 Å². The van der Waals surface area contributed by atoms with Crippen molar-refractivity contribution in [3.05, 3.63) is 23.4 Å². The molecule has 0 radical (unpaired) electrons. The Hall–Kier alpha value is -1.89. The van der Waals surface area contributed by atoms with Gasteiger partial charge in [-0.15, -0.1) is 0 Å². The molecule has 1 aliphatic carbocycles. The summed E-state index contributed by atoms with van der Waals surface area (Å²) >= 11 is 0. The van der Waals surface area contributed by atoms with Gasteiger partial charge in [-0.2, -0.15) is 0 Å². The number of hydrogen-bond acceptors (Lipinski definition) is 6. The highest BCUT2D eigenvalue weighted by molar-refractivity contribution is 5.68. The standard InChI is InChI=1S/C18H28N2O5/c1-18(2,3)25-17(21)20-7-5-19(6-8-20)14-11-13(22-4)12-15-16(14)24-10-9-23-15/h12,14H,5-11H2,1-4H3. The van der Waals surface area contributed by atoms with Gasteiger partial charge < -0.3 is 23.8 Å². The molecule has 2 heterocycles. The summed E-state index contributed by atoms with van der Waals surface area (Å²) in [5.41, 5.74) is -0.470. The zero-order chi connectivity index (χ0) is 18.0. The molecule has 1 atom stereocenters. The minimum Gasteiger partial charge on any atom is -0.501 e. The number of nitrogens with zero attached hydrogens (tertiary/aromatic N) is 2. The van der Waals surface area contributed by atoms with E-state index in [1.165, 1.54) is 0 Å². The van der Waals surface area contributed by atoms with Crippen LogP contribution >= 0.6 is 0 Å². The molecule has 3 aliphatic rings. The van der Waals surface area contributed by atoms with Gasteiger partial charge in [0, 0.05) is 38.7 Å². The number of rotatable bonds is 2. The Kier molecular flexibility index (Phi) is 5.13. The second-order valence-electron chi connectivity index (χ2n) is 7.46. The highest BCUT2D eigenvalue weighted by Crippen LogP contribution is 2.32. The molecule has 0 N–H and O–H groups in total. The second-order valence-corrected chi connectivity index (χ2v) is 7.46. The normalized spacial score (nSPS) is 24.7. The highest BCUT2D eigenvalue weighted by atomic mass is 16.6. The van der Waals surface area contributed by atoms with Crippen molar-refractivity contribution >= 4 is 6.09 Å². The molecule has 7 nitrogen and oxygen atoms in total. The summed E-state index contributed by atoms with van der Waals surface area (Å²) < 4.78 is 22.5. The average Bonchev–Trinajstić information content (AvgIpc) is 2.59. The summed E-state index contributed by atoms with van der Waals surface area (Å²) in [6.45, 7) is 9.60. The van der Waals surface area contributed by atoms with Crippen molar-refractivity contribution in [1.29, 1.82) is 0 Å². The number of carbonyl (C=O) groups excluding carboxylic acids is 1. The Labute approximate surface area is 149 Å². The zero-order valence-electron chi connectivity index (χ0n) is 15.5. The van der Waals surface area contributed by atoms with Gasteiger partial charge >= 0.3 is 6.09 Å². The maximum atomic E-state index is 12.2. The van der Waals surface area contributed by atoms with Gasteiger partial charge in [0.15, 0.2) is 11.5 Å². The van der Waals surface area contributed by atoms with E-state index in [1.807, 2.05) is 26.8 Å². The Morgan fingerprint density at radius 1 is 1.16 bits per heavy atom. The number of allylic oxidation sites excluding steroid dienone is 1. The number of methoxy groups -OCH3 is 1. The van der Waals surface area contributed by atoms with Gasteiger partial charge in [0.25, 0.3) is 0 Å². The van der Waals surface area contributed by atoms with Crippen LogP contribution in [-0.4, -0.2) is 74.0 Å². The van der Waals surface area contributed by atoms with Crippen LogP contribution in [-0.2, 0) is 18.9 Å². The van der Waals surface area contributed by atoms with Crippen LogP contribution in [0, 0.1) is 0 Å². The van der Waals surface area contributed by atoms with Crippen molar-refractivity contribution in [2.75, 3.05) is 46.5 Å². The van der Waals surface area contributed by atoms with Crippen LogP contribution in [0.25, 0.3) is 0 Å². The molecule has 1 fully saturated rings. The molecule has 7 heteroatoms. The zero-order valence-corrected chi connectivity index (χ0v) is 15.5. The first-order valence-electron chi connectivity index (χ1n) is 8.83. The minimum absolute atomic E-state index is 0.0936. The molecule has 25 heavy (non-hydrogen) atoms. The fraction of sp³-hybridized carbons (Fsp3) is 0.722. The summed E-state index contributed by atoms with van der Waals surface area (Å²) in [7, 11) is 1.68. The van der Waals surface area contributed by atoms with E-state index in [0.29, 0.717) is 26.3 Å². The van der Waals surface area contributed by atoms with Crippen LogP contribution in [0.4, 0.5) is 4.79 Å². The maximum absolute atomic E-state index is 12.2. The monoisotopic (exact) mass is 352 g/mol. The van der Waals surface area contributed by atoms with E-state index in [4.69, 9.17) is 18.9 Å². The molecule has 140 valence electrons. The van der Waals surface area contributed by atoms with E-state index in [0.717, 1.165) is 36.8 Å². The van der Waals surface area contributed by atoms with E-state index in [2.05, 4.69) is 4.90 Å². The van der Waals surface area contributed by atoms with Gasteiger partial charge in [-0.05, 0) is 20.8 Å². The molecule has 0 spiro atoms. The summed E-state index contributed by atoms with van der Waals surface area (Å²) in [6, 6.07) is 0.0936. The number of hydrogen-bond donors (Lipinski definition) is 0. The fourth-order valence-electron chi connectivity index (χ4n) is 3.29. The third kappa shape index (κ3) is 4.21. The van der Waals surface area contributed by atoms with E-state index in [-0.39, 0.29) is 12.1 Å². The van der Waals surface area contributed by atoms with E-state index >= 15 is 0 Å². The van der Waals surface area contributed by atoms with Crippen molar-refractivity contribution in [3.8, 4) is 0 Å². The van der Waals surface area contributed by atoms with Crippen LogP contribution in [0.2, 0.25) is 0 Å².